The molecule has 1 aromatic rings. The molecular weight excluding hydrogens is 298 g/mol. The minimum Gasteiger partial charge on any atom is -0.474 e. The Kier molecular flexibility index (Phi) is 4.77. The Labute approximate surface area is 116 Å². The van der Waals surface area contributed by atoms with Gasteiger partial charge in [0.25, 0.3) is 0 Å². The number of anilines is 1. The van der Waals surface area contributed by atoms with Gasteiger partial charge in [0.05, 0.1) is 37.8 Å². The highest BCUT2D eigenvalue weighted by molar-refractivity contribution is 9.09. The van der Waals surface area contributed by atoms with E-state index in [1.54, 1.807) is 12.4 Å². The van der Waals surface area contributed by atoms with E-state index in [1.807, 2.05) is 13.8 Å². The first-order valence-corrected chi connectivity index (χ1v) is 7.22. The van der Waals surface area contributed by atoms with Crippen LogP contribution in [0.25, 0.3) is 0 Å². The van der Waals surface area contributed by atoms with Crippen molar-refractivity contribution >= 4 is 21.7 Å². The molecule has 1 saturated heterocycles. The molecule has 0 bridgehead atoms. The number of halogens is 1. The smallest absolute Gasteiger partial charge is 0.234 e. The first-order chi connectivity index (χ1) is 8.70. The average Bonchev–Trinajstić information content (AvgIpc) is 2.38. The van der Waals surface area contributed by atoms with Crippen LogP contribution in [-0.2, 0) is 4.74 Å². The lowest BCUT2D eigenvalue weighted by Crippen LogP contribution is -2.47. The van der Waals surface area contributed by atoms with Crippen LogP contribution in [0.15, 0.2) is 12.4 Å². The lowest BCUT2D eigenvalue weighted by Gasteiger charge is -2.35. The quantitative estimate of drug-likeness (QED) is 0.794. The van der Waals surface area contributed by atoms with Crippen molar-refractivity contribution in [1.29, 1.82) is 0 Å². The molecule has 0 radical (unpaired) electrons. The van der Waals surface area contributed by atoms with E-state index < -0.39 is 0 Å². The second kappa shape index (κ2) is 6.33. The van der Waals surface area contributed by atoms with E-state index in [-0.39, 0.29) is 6.10 Å². The van der Waals surface area contributed by atoms with Crippen LogP contribution in [0.4, 0.5) is 5.82 Å². The molecule has 0 amide bonds. The minimum absolute atomic E-state index is 0.103. The highest BCUT2D eigenvalue weighted by Crippen LogP contribution is 2.20. The number of alkyl halides is 1. The Bertz CT molecular complexity index is 389. The number of ether oxygens (including phenoxy) is 2. The fourth-order valence-electron chi connectivity index (χ4n) is 1.86. The van der Waals surface area contributed by atoms with Crippen molar-refractivity contribution in [3.63, 3.8) is 0 Å². The highest BCUT2D eigenvalue weighted by atomic mass is 79.9. The maximum atomic E-state index is 5.57. The van der Waals surface area contributed by atoms with Crippen LogP contribution in [0.2, 0.25) is 0 Å². The van der Waals surface area contributed by atoms with Crippen molar-refractivity contribution in [1.82, 2.24) is 9.97 Å². The van der Waals surface area contributed by atoms with Gasteiger partial charge < -0.3 is 14.4 Å². The second-order valence-electron chi connectivity index (χ2n) is 4.46. The van der Waals surface area contributed by atoms with Gasteiger partial charge in [0.2, 0.25) is 5.88 Å². The Balaban J connectivity index is 2.15. The summed E-state index contributed by atoms with van der Waals surface area (Å²) in [7, 11) is 0. The van der Waals surface area contributed by atoms with Gasteiger partial charge in [-0.2, -0.15) is 4.98 Å². The van der Waals surface area contributed by atoms with Crippen molar-refractivity contribution in [2.45, 2.75) is 26.0 Å². The number of morpholine rings is 1. The molecule has 1 aliphatic heterocycles. The van der Waals surface area contributed by atoms with Gasteiger partial charge in [-0.05, 0) is 13.8 Å². The zero-order valence-electron chi connectivity index (χ0n) is 10.7. The van der Waals surface area contributed by atoms with Crippen LogP contribution in [-0.4, -0.2) is 47.2 Å². The predicted octanol–water partition coefficient (Wildman–Crippen LogP) is 1.86. The molecule has 1 fully saturated rings. The van der Waals surface area contributed by atoms with E-state index >= 15 is 0 Å². The predicted molar refractivity (Wildman–Crippen MR) is 73.5 cm³/mol. The lowest BCUT2D eigenvalue weighted by molar-refractivity contribution is 0.0998. The largest absolute Gasteiger partial charge is 0.474 e. The van der Waals surface area contributed by atoms with E-state index in [2.05, 4.69) is 30.8 Å². The van der Waals surface area contributed by atoms with Crippen molar-refractivity contribution in [3.05, 3.63) is 12.4 Å². The molecule has 0 aliphatic carbocycles. The van der Waals surface area contributed by atoms with Crippen LogP contribution < -0.4 is 9.64 Å². The third-order valence-electron chi connectivity index (χ3n) is 2.66. The maximum Gasteiger partial charge on any atom is 0.234 e. The number of hydrogen-bond donors (Lipinski definition) is 0. The monoisotopic (exact) mass is 315 g/mol. The molecule has 6 heteroatoms. The summed E-state index contributed by atoms with van der Waals surface area (Å²) in [6.07, 6.45) is 3.52. The van der Waals surface area contributed by atoms with E-state index in [4.69, 9.17) is 9.47 Å². The SMILES string of the molecule is CC(C)Oc1cncc(N2CCOCC2CBr)n1. The molecule has 0 spiro atoms. The highest BCUT2D eigenvalue weighted by Gasteiger charge is 2.23. The van der Waals surface area contributed by atoms with Gasteiger partial charge in [-0.1, -0.05) is 15.9 Å². The van der Waals surface area contributed by atoms with Crippen molar-refractivity contribution in [3.8, 4) is 5.88 Å². The molecule has 1 unspecified atom stereocenters. The average molecular weight is 316 g/mol. The van der Waals surface area contributed by atoms with Crippen molar-refractivity contribution in [2.75, 3.05) is 30.0 Å². The standard InChI is InChI=1S/C12H18BrN3O2/c1-9(2)18-12-7-14-6-11(15-12)16-3-4-17-8-10(16)5-13/h6-7,9-10H,3-5,8H2,1-2H3. The normalized spacial score (nSPS) is 20.2. The third-order valence-corrected chi connectivity index (χ3v) is 3.40. The van der Waals surface area contributed by atoms with Crippen LogP contribution in [0.5, 0.6) is 5.88 Å². The molecule has 2 heterocycles. The summed E-state index contributed by atoms with van der Waals surface area (Å²) in [6, 6.07) is 0.294. The molecule has 1 atom stereocenters. The van der Waals surface area contributed by atoms with Crippen molar-refractivity contribution < 1.29 is 9.47 Å². The Hall–Kier alpha value is -0.880. The van der Waals surface area contributed by atoms with E-state index in [1.165, 1.54) is 0 Å². The first kappa shape index (κ1) is 13.5. The molecule has 0 aromatic carbocycles. The molecule has 2 rings (SSSR count). The van der Waals surface area contributed by atoms with Gasteiger partial charge in [0.1, 0.15) is 0 Å². The number of aromatic nitrogens is 2. The molecule has 100 valence electrons. The Morgan fingerprint density at radius 1 is 1.56 bits per heavy atom. The van der Waals surface area contributed by atoms with Gasteiger partial charge in [-0.25, -0.2) is 0 Å². The molecule has 1 aromatic heterocycles. The van der Waals surface area contributed by atoms with E-state index in [0.29, 0.717) is 18.5 Å². The second-order valence-corrected chi connectivity index (χ2v) is 5.11. The van der Waals surface area contributed by atoms with Crippen LogP contribution in [0.1, 0.15) is 13.8 Å². The summed E-state index contributed by atoms with van der Waals surface area (Å²) in [4.78, 5) is 10.9. The summed E-state index contributed by atoms with van der Waals surface area (Å²) >= 11 is 3.51. The molecule has 0 saturated carbocycles. The Morgan fingerprint density at radius 2 is 2.39 bits per heavy atom. The fourth-order valence-corrected chi connectivity index (χ4v) is 2.40. The summed E-state index contributed by atoms with van der Waals surface area (Å²) in [5.41, 5.74) is 0. The summed E-state index contributed by atoms with van der Waals surface area (Å²) in [5.74, 6) is 1.42. The van der Waals surface area contributed by atoms with Gasteiger partial charge in [-0.15, -0.1) is 0 Å². The van der Waals surface area contributed by atoms with Gasteiger partial charge >= 0.3 is 0 Å². The number of nitrogens with zero attached hydrogens (tertiary/aromatic N) is 3. The third kappa shape index (κ3) is 3.32. The topological polar surface area (TPSA) is 47.5 Å². The summed E-state index contributed by atoms with van der Waals surface area (Å²) in [5, 5.41) is 0.851. The number of hydrogen-bond acceptors (Lipinski definition) is 5. The maximum absolute atomic E-state index is 5.57. The zero-order chi connectivity index (χ0) is 13.0. The van der Waals surface area contributed by atoms with Gasteiger partial charge in [-0.3, -0.25) is 4.98 Å². The summed E-state index contributed by atoms with van der Waals surface area (Å²) in [6.45, 7) is 6.22. The van der Waals surface area contributed by atoms with Crippen LogP contribution in [0, 0.1) is 0 Å². The molecule has 5 nitrogen and oxygen atoms in total. The molecule has 18 heavy (non-hydrogen) atoms. The molecule has 0 N–H and O–H groups in total. The minimum atomic E-state index is 0.103. The van der Waals surface area contributed by atoms with Gasteiger partial charge in [0.15, 0.2) is 5.82 Å². The fraction of sp³-hybridized carbons (Fsp3) is 0.667. The Morgan fingerprint density at radius 3 is 3.11 bits per heavy atom. The zero-order valence-corrected chi connectivity index (χ0v) is 12.3. The summed E-state index contributed by atoms with van der Waals surface area (Å²) < 4.78 is 11.0. The molecule has 1 aliphatic rings. The van der Waals surface area contributed by atoms with Crippen LogP contribution >= 0.6 is 15.9 Å². The number of rotatable bonds is 4. The van der Waals surface area contributed by atoms with Gasteiger partial charge in [0, 0.05) is 11.9 Å². The first-order valence-electron chi connectivity index (χ1n) is 6.09. The lowest BCUT2D eigenvalue weighted by atomic mass is 10.2. The van der Waals surface area contributed by atoms with Crippen LogP contribution in [0.3, 0.4) is 0 Å². The van der Waals surface area contributed by atoms with E-state index in [0.717, 1.165) is 24.3 Å². The van der Waals surface area contributed by atoms with E-state index in [9.17, 15) is 0 Å². The molecular formula is C12H18BrN3O2. The van der Waals surface area contributed by atoms with Crippen molar-refractivity contribution in [2.24, 2.45) is 0 Å².